The van der Waals surface area contributed by atoms with Crippen molar-refractivity contribution in [3.63, 3.8) is 0 Å². The molecule has 2 aromatic heterocycles. The third-order valence-electron chi connectivity index (χ3n) is 5.62. The molecule has 10 nitrogen and oxygen atoms in total. The summed E-state index contributed by atoms with van der Waals surface area (Å²) in [7, 11) is -3.91. The van der Waals surface area contributed by atoms with E-state index in [1.807, 2.05) is 0 Å². The maximum Gasteiger partial charge on any atom is 0.270 e. The molecule has 3 aromatic rings. The van der Waals surface area contributed by atoms with Crippen molar-refractivity contribution in [3.8, 4) is 6.07 Å². The van der Waals surface area contributed by atoms with Crippen molar-refractivity contribution < 1.29 is 13.3 Å². The van der Waals surface area contributed by atoms with Crippen LogP contribution in [-0.4, -0.2) is 47.0 Å². The van der Waals surface area contributed by atoms with Crippen molar-refractivity contribution in [1.82, 2.24) is 19.2 Å². The molecule has 0 unspecified atom stereocenters. The predicted octanol–water partition coefficient (Wildman–Crippen LogP) is 2.37. The SMILES string of the molecule is Cc1ccc([N+](=O)[O-])cc1S(=O)(=O)N[C@@H]1CCCN(Cc2cnn3ccc(C#N)cc23)C1. The number of rotatable bonds is 6. The number of aromatic nitrogens is 2. The van der Waals surface area contributed by atoms with Crippen LogP contribution in [0, 0.1) is 28.4 Å². The van der Waals surface area contributed by atoms with Crippen LogP contribution in [0.4, 0.5) is 5.69 Å². The number of fused-ring (bicyclic) bond motifs is 1. The van der Waals surface area contributed by atoms with E-state index in [0.717, 1.165) is 30.1 Å². The molecular formula is C21H22N6O4S. The summed E-state index contributed by atoms with van der Waals surface area (Å²) < 4.78 is 30.4. The number of nitro benzene ring substituents is 1. The summed E-state index contributed by atoms with van der Waals surface area (Å²) in [4.78, 5) is 12.5. The molecule has 1 N–H and O–H groups in total. The fourth-order valence-electron chi connectivity index (χ4n) is 4.03. The van der Waals surface area contributed by atoms with Gasteiger partial charge >= 0.3 is 0 Å². The van der Waals surface area contributed by atoms with Crippen LogP contribution in [0.3, 0.4) is 0 Å². The van der Waals surface area contributed by atoms with Gasteiger partial charge in [-0.1, -0.05) is 6.07 Å². The van der Waals surface area contributed by atoms with E-state index in [9.17, 15) is 18.5 Å². The molecule has 4 rings (SSSR count). The molecule has 11 heteroatoms. The number of benzene rings is 1. The van der Waals surface area contributed by atoms with Crippen molar-refractivity contribution in [2.24, 2.45) is 0 Å². The highest BCUT2D eigenvalue weighted by atomic mass is 32.2. The van der Waals surface area contributed by atoms with Crippen LogP contribution in [0.15, 0.2) is 47.6 Å². The Bertz CT molecular complexity index is 1330. The Morgan fingerprint density at radius 1 is 1.34 bits per heavy atom. The standard InChI is InChI=1S/C21H22N6O4S/c1-15-4-5-19(27(28)29)10-21(15)32(30,31)24-18-3-2-7-25(14-18)13-17-12-23-26-8-6-16(11-22)9-20(17)26/h4-6,8-10,12,18,24H,2-3,7,13-14H2,1H3/t18-/m1/s1. The zero-order valence-corrected chi connectivity index (χ0v) is 18.2. The van der Waals surface area contributed by atoms with E-state index >= 15 is 0 Å². The van der Waals surface area contributed by atoms with Crippen LogP contribution in [0.5, 0.6) is 0 Å². The largest absolute Gasteiger partial charge is 0.297 e. The van der Waals surface area contributed by atoms with Crippen molar-refractivity contribution in [2.45, 2.75) is 37.2 Å². The summed E-state index contributed by atoms with van der Waals surface area (Å²) in [6, 6.07) is 9.15. The average molecular weight is 455 g/mol. The third kappa shape index (κ3) is 4.47. The first-order valence-electron chi connectivity index (χ1n) is 10.1. The monoisotopic (exact) mass is 454 g/mol. The van der Waals surface area contributed by atoms with E-state index in [-0.39, 0.29) is 16.6 Å². The molecule has 3 heterocycles. The Morgan fingerprint density at radius 2 is 2.16 bits per heavy atom. The van der Waals surface area contributed by atoms with E-state index < -0.39 is 14.9 Å². The van der Waals surface area contributed by atoms with Gasteiger partial charge in [-0.05, 0) is 44.0 Å². The van der Waals surface area contributed by atoms with Gasteiger partial charge in [0.2, 0.25) is 10.0 Å². The highest BCUT2D eigenvalue weighted by Crippen LogP contribution is 2.24. The first kappa shape index (κ1) is 21.9. The number of sulfonamides is 1. The summed E-state index contributed by atoms with van der Waals surface area (Å²) in [6.45, 7) is 3.50. The lowest BCUT2D eigenvalue weighted by molar-refractivity contribution is -0.385. The number of non-ortho nitro benzene ring substituents is 1. The molecule has 32 heavy (non-hydrogen) atoms. The second-order valence-electron chi connectivity index (χ2n) is 7.93. The molecule has 0 bridgehead atoms. The Balaban J connectivity index is 1.50. The summed E-state index contributed by atoms with van der Waals surface area (Å²) in [6.07, 6.45) is 4.99. The molecule has 1 aliphatic rings. The minimum absolute atomic E-state index is 0.0736. The second-order valence-corrected chi connectivity index (χ2v) is 9.61. The van der Waals surface area contributed by atoms with Crippen LogP contribution >= 0.6 is 0 Å². The molecule has 1 aromatic carbocycles. The normalized spacial score (nSPS) is 17.3. The molecule has 0 aliphatic carbocycles. The van der Waals surface area contributed by atoms with Crippen LogP contribution < -0.4 is 4.72 Å². The van der Waals surface area contributed by atoms with Gasteiger partial charge in [0.25, 0.3) is 5.69 Å². The average Bonchev–Trinajstić information content (AvgIpc) is 3.15. The van der Waals surface area contributed by atoms with Crippen molar-refractivity contribution in [1.29, 1.82) is 5.26 Å². The predicted molar refractivity (Wildman–Crippen MR) is 116 cm³/mol. The fourth-order valence-corrected chi connectivity index (χ4v) is 5.56. The highest BCUT2D eigenvalue weighted by Gasteiger charge is 2.28. The summed E-state index contributed by atoms with van der Waals surface area (Å²) in [5.74, 6) is 0. The molecule has 0 saturated carbocycles. The summed E-state index contributed by atoms with van der Waals surface area (Å²) >= 11 is 0. The topological polar surface area (TPSA) is 134 Å². The zero-order valence-electron chi connectivity index (χ0n) is 17.4. The van der Waals surface area contributed by atoms with Crippen LogP contribution in [0.2, 0.25) is 0 Å². The number of aryl methyl sites for hydroxylation is 1. The number of pyridine rings is 1. The molecule has 166 valence electrons. The molecular weight excluding hydrogens is 432 g/mol. The van der Waals surface area contributed by atoms with Crippen LogP contribution in [0.25, 0.3) is 5.52 Å². The fraction of sp³-hybridized carbons (Fsp3) is 0.333. The molecule has 0 radical (unpaired) electrons. The lowest BCUT2D eigenvalue weighted by Crippen LogP contribution is -2.47. The zero-order chi connectivity index (χ0) is 22.9. The molecule has 1 saturated heterocycles. The molecule has 1 aliphatic heterocycles. The second kappa shape index (κ2) is 8.66. The van der Waals surface area contributed by atoms with Gasteiger partial charge in [0, 0.05) is 43.0 Å². The maximum atomic E-state index is 13.0. The lowest BCUT2D eigenvalue weighted by Gasteiger charge is -2.32. The number of nitro groups is 1. The smallest absolute Gasteiger partial charge is 0.270 e. The van der Waals surface area contributed by atoms with Crippen LogP contribution in [0.1, 0.15) is 29.5 Å². The number of likely N-dealkylation sites (tertiary alicyclic amines) is 1. The minimum atomic E-state index is -3.91. The third-order valence-corrected chi connectivity index (χ3v) is 7.29. The van der Waals surface area contributed by atoms with Crippen molar-refractivity contribution in [3.05, 3.63) is 69.5 Å². The van der Waals surface area contributed by atoms with Crippen molar-refractivity contribution in [2.75, 3.05) is 13.1 Å². The maximum absolute atomic E-state index is 13.0. The van der Waals surface area contributed by atoms with E-state index in [0.29, 0.717) is 30.6 Å². The minimum Gasteiger partial charge on any atom is -0.297 e. The van der Waals surface area contributed by atoms with E-state index in [2.05, 4.69) is 20.8 Å². The Kier molecular flexibility index (Phi) is 5.92. The molecule has 0 amide bonds. The van der Waals surface area contributed by atoms with Gasteiger partial charge in [0.15, 0.2) is 0 Å². The van der Waals surface area contributed by atoms with Gasteiger partial charge in [-0.3, -0.25) is 15.0 Å². The van der Waals surface area contributed by atoms with E-state index in [1.165, 1.54) is 12.1 Å². The molecule has 0 spiro atoms. The Labute approximate surface area is 185 Å². The first-order chi connectivity index (χ1) is 15.3. The van der Waals surface area contributed by atoms with Gasteiger partial charge in [-0.2, -0.15) is 10.4 Å². The van der Waals surface area contributed by atoms with Gasteiger partial charge in [-0.15, -0.1) is 0 Å². The quantitative estimate of drug-likeness (QED) is 0.446. The van der Waals surface area contributed by atoms with E-state index in [1.54, 1.807) is 36.0 Å². The summed E-state index contributed by atoms with van der Waals surface area (Å²) in [5.41, 5.74) is 2.55. The van der Waals surface area contributed by atoms with Gasteiger partial charge < -0.3 is 0 Å². The Morgan fingerprint density at radius 3 is 2.91 bits per heavy atom. The van der Waals surface area contributed by atoms with Gasteiger partial charge in [0.1, 0.15) is 0 Å². The first-order valence-corrected chi connectivity index (χ1v) is 11.6. The lowest BCUT2D eigenvalue weighted by atomic mass is 10.1. The number of nitrogens with one attached hydrogen (secondary N) is 1. The van der Waals surface area contributed by atoms with Crippen LogP contribution in [-0.2, 0) is 16.6 Å². The number of nitrogens with zero attached hydrogens (tertiary/aromatic N) is 5. The number of piperidine rings is 1. The van der Waals surface area contributed by atoms with Gasteiger partial charge in [0.05, 0.1) is 33.2 Å². The van der Waals surface area contributed by atoms with E-state index in [4.69, 9.17) is 5.26 Å². The molecule has 1 atom stereocenters. The number of hydrogen-bond donors (Lipinski definition) is 1. The van der Waals surface area contributed by atoms with Gasteiger partial charge in [-0.25, -0.2) is 17.7 Å². The number of nitriles is 1. The Hall–Kier alpha value is -3.33. The highest BCUT2D eigenvalue weighted by molar-refractivity contribution is 7.89. The summed E-state index contributed by atoms with van der Waals surface area (Å²) in [5, 5.41) is 24.6. The number of hydrogen-bond acceptors (Lipinski definition) is 7. The van der Waals surface area contributed by atoms with Crippen molar-refractivity contribution >= 4 is 21.2 Å². The molecule has 1 fully saturated rings.